The lowest BCUT2D eigenvalue weighted by Crippen LogP contribution is -2.09. The van der Waals surface area contributed by atoms with Gasteiger partial charge in [-0.3, -0.25) is 5.84 Å². The first kappa shape index (κ1) is 4.53. The van der Waals surface area contributed by atoms with Gasteiger partial charge in [-0.1, -0.05) is 12.2 Å². The minimum Gasteiger partial charge on any atom is -0.268 e. The van der Waals surface area contributed by atoms with Gasteiger partial charge in [-0.15, -0.1) is 0 Å². The van der Waals surface area contributed by atoms with Crippen LogP contribution in [-0.2, 0) is 0 Å². The SMILES string of the molecule is NN1C2CC=CCC21. The smallest absolute Gasteiger partial charge is 0.0452 e. The molecule has 0 aromatic heterocycles. The molecule has 0 aromatic carbocycles. The molecule has 1 saturated heterocycles. The molecule has 2 N–H and O–H groups in total. The fourth-order valence-corrected chi connectivity index (χ4v) is 1.39. The zero-order valence-corrected chi connectivity index (χ0v) is 4.75. The van der Waals surface area contributed by atoms with Gasteiger partial charge < -0.3 is 0 Å². The van der Waals surface area contributed by atoms with Gasteiger partial charge in [0.15, 0.2) is 0 Å². The van der Waals surface area contributed by atoms with Gasteiger partial charge in [0.25, 0.3) is 0 Å². The summed E-state index contributed by atoms with van der Waals surface area (Å²) < 4.78 is 0. The maximum Gasteiger partial charge on any atom is 0.0452 e. The van der Waals surface area contributed by atoms with E-state index < -0.39 is 0 Å². The summed E-state index contributed by atoms with van der Waals surface area (Å²) in [7, 11) is 0. The summed E-state index contributed by atoms with van der Waals surface area (Å²) in [4.78, 5) is 0. The fourth-order valence-electron chi connectivity index (χ4n) is 1.39. The summed E-state index contributed by atoms with van der Waals surface area (Å²) in [6.07, 6.45) is 6.77. The van der Waals surface area contributed by atoms with Gasteiger partial charge in [0.1, 0.15) is 0 Å². The molecule has 2 nitrogen and oxygen atoms in total. The monoisotopic (exact) mass is 110 g/mol. The first-order chi connectivity index (χ1) is 3.89. The second-order valence-corrected chi connectivity index (χ2v) is 2.52. The molecule has 1 fully saturated rings. The highest BCUT2D eigenvalue weighted by molar-refractivity contribution is 5.11. The topological polar surface area (TPSA) is 29.0 Å². The van der Waals surface area contributed by atoms with Crippen LogP contribution in [0.5, 0.6) is 0 Å². The van der Waals surface area contributed by atoms with Crippen molar-refractivity contribution in [2.75, 3.05) is 0 Å². The number of hydrazine groups is 1. The van der Waals surface area contributed by atoms with Crippen molar-refractivity contribution in [3.63, 3.8) is 0 Å². The third-order valence-electron chi connectivity index (χ3n) is 2.04. The Morgan fingerprint density at radius 3 is 2.12 bits per heavy atom. The Morgan fingerprint density at radius 1 is 1.25 bits per heavy atom. The van der Waals surface area contributed by atoms with Gasteiger partial charge in [-0.05, 0) is 12.8 Å². The fraction of sp³-hybridized carbons (Fsp3) is 0.667. The normalized spacial score (nSPS) is 50.9. The standard InChI is InChI=1S/C6H10N2/c7-8-5-3-1-2-4-6(5)8/h1-2,5-6H,3-4,7H2. The van der Waals surface area contributed by atoms with Crippen LogP contribution >= 0.6 is 0 Å². The molecule has 2 aliphatic rings. The Balaban J connectivity index is 2.08. The molecule has 0 amide bonds. The number of fused-ring (bicyclic) bond motifs is 1. The summed E-state index contributed by atoms with van der Waals surface area (Å²) in [6, 6.07) is 1.39. The second kappa shape index (κ2) is 1.33. The maximum atomic E-state index is 5.57. The molecule has 0 spiro atoms. The molecule has 1 aliphatic carbocycles. The summed E-state index contributed by atoms with van der Waals surface area (Å²) >= 11 is 0. The van der Waals surface area contributed by atoms with Crippen LogP contribution in [0.1, 0.15) is 12.8 Å². The van der Waals surface area contributed by atoms with Gasteiger partial charge in [-0.2, -0.15) is 0 Å². The van der Waals surface area contributed by atoms with Crippen molar-refractivity contribution in [3.8, 4) is 0 Å². The highest BCUT2D eigenvalue weighted by Gasteiger charge is 2.44. The lowest BCUT2D eigenvalue weighted by Gasteiger charge is -1.93. The molecule has 1 aliphatic heterocycles. The van der Waals surface area contributed by atoms with Crippen molar-refractivity contribution < 1.29 is 0 Å². The van der Waals surface area contributed by atoms with Gasteiger partial charge in [0.2, 0.25) is 0 Å². The Morgan fingerprint density at radius 2 is 1.75 bits per heavy atom. The van der Waals surface area contributed by atoms with Crippen LogP contribution in [-0.4, -0.2) is 17.1 Å². The van der Waals surface area contributed by atoms with E-state index in [-0.39, 0.29) is 0 Å². The van der Waals surface area contributed by atoms with Crippen LogP contribution in [0.4, 0.5) is 0 Å². The predicted octanol–water partition coefficient (Wildman–Crippen LogP) is 0.263. The highest BCUT2D eigenvalue weighted by Crippen LogP contribution is 2.32. The summed E-state index contributed by atoms with van der Waals surface area (Å²) in [5.41, 5.74) is 0. The third kappa shape index (κ3) is 0.443. The van der Waals surface area contributed by atoms with Crippen LogP contribution < -0.4 is 5.84 Å². The average Bonchev–Trinajstić information content (AvgIpc) is 2.46. The molecule has 44 valence electrons. The summed E-state index contributed by atoms with van der Waals surface area (Å²) in [5, 5.41) is 1.94. The van der Waals surface area contributed by atoms with Crippen LogP contribution in [0.3, 0.4) is 0 Å². The van der Waals surface area contributed by atoms with Gasteiger partial charge in [0, 0.05) is 12.1 Å². The second-order valence-electron chi connectivity index (χ2n) is 2.52. The van der Waals surface area contributed by atoms with Gasteiger partial charge >= 0.3 is 0 Å². The molecule has 0 radical (unpaired) electrons. The van der Waals surface area contributed by atoms with E-state index in [1.54, 1.807) is 0 Å². The van der Waals surface area contributed by atoms with Crippen molar-refractivity contribution in [1.29, 1.82) is 0 Å². The molecule has 2 rings (SSSR count). The van der Waals surface area contributed by atoms with Crippen LogP contribution in [0.15, 0.2) is 12.2 Å². The first-order valence-corrected chi connectivity index (χ1v) is 3.07. The molecular weight excluding hydrogens is 100 g/mol. The van der Waals surface area contributed by atoms with Crippen LogP contribution in [0, 0.1) is 0 Å². The molecule has 2 atom stereocenters. The van der Waals surface area contributed by atoms with Crippen molar-refractivity contribution in [1.82, 2.24) is 5.01 Å². The van der Waals surface area contributed by atoms with Crippen molar-refractivity contribution >= 4 is 0 Å². The van der Waals surface area contributed by atoms with E-state index in [2.05, 4.69) is 12.2 Å². The lowest BCUT2D eigenvalue weighted by atomic mass is 10.1. The molecule has 8 heavy (non-hydrogen) atoms. The summed E-state index contributed by atoms with van der Waals surface area (Å²) in [5.74, 6) is 5.57. The first-order valence-electron chi connectivity index (χ1n) is 3.07. The molecule has 0 saturated carbocycles. The van der Waals surface area contributed by atoms with E-state index in [9.17, 15) is 0 Å². The number of hydrogen-bond donors (Lipinski definition) is 1. The highest BCUT2D eigenvalue weighted by atomic mass is 15.6. The minimum absolute atomic E-state index is 0.694. The Labute approximate surface area is 48.9 Å². The van der Waals surface area contributed by atoms with Gasteiger partial charge in [0.05, 0.1) is 0 Å². The Kier molecular flexibility index (Phi) is 0.754. The molecule has 0 bridgehead atoms. The number of nitrogens with zero attached hydrogens (tertiary/aromatic N) is 1. The zero-order chi connectivity index (χ0) is 5.56. The zero-order valence-electron chi connectivity index (χ0n) is 4.75. The number of hydrogen-bond acceptors (Lipinski definition) is 2. The Hall–Kier alpha value is -0.340. The number of rotatable bonds is 0. The third-order valence-corrected chi connectivity index (χ3v) is 2.04. The van der Waals surface area contributed by atoms with E-state index in [1.807, 2.05) is 5.01 Å². The summed E-state index contributed by atoms with van der Waals surface area (Å²) in [6.45, 7) is 0. The van der Waals surface area contributed by atoms with Crippen molar-refractivity contribution in [2.24, 2.45) is 5.84 Å². The van der Waals surface area contributed by atoms with Crippen LogP contribution in [0.2, 0.25) is 0 Å². The maximum absolute atomic E-state index is 5.57. The molecule has 2 heteroatoms. The largest absolute Gasteiger partial charge is 0.268 e. The van der Waals surface area contributed by atoms with E-state index in [4.69, 9.17) is 5.84 Å². The van der Waals surface area contributed by atoms with Crippen molar-refractivity contribution in [3.05, 3.63) is 12.2 Å². The van der Waals surface area contributed by atoms with E-state index >= 15 is 0 Å². The van der Waals surface area contributed by atoms with E-state index in [0.29, 0.717) is 12.1 Å². The quantitative estimate of drug-likeness (QED) is 0.275. The average molecular weight is 110 g/mol. The molecule has 0 aromatic rings. The van der Waals surface area contributed by atoms with Crippen LogP contribution in [0.25, 0.3) is 0 Å². The predicted molar refractivity (Wildman–Crippen MR) is 32.0 cm³/mol. The van der Waals surface area contributed by atoms with Gasteiger partial charge in [-0.25, -0.2) is 5.01 Å². The van der Waals surface area contributed by atoms with E-state index in [1.165, 1.54) is 12.8 Å². The molecular formula is C6H10N2. The van der Waals surface area contributed by atoms with E-state index in [0.717, 1.165) is 0 Å². The molecule has 1 heterocycles. The molecule has 2 unspecified atom stereocenters. The number of nitrogens with two attached hydrogens (primary N) is 1. The van der Waals surface area contributed by atoms with Crippen molar-refractivity contribution in [2.45, 2.75) is 24.9 Å². The minimum atomic E-state index is 0.694. The Bertz CT molecular complexity index is 116. The lowest BCUT2D eigenvalue weighted by molar-refractivity contribution is 0.511.